The second kappa shape index (κ2) is 4.61. The first-order chi connectivity index (χ1) is 8.20. The van der Waals surface area contributed by atoms with Crippen molar-refractivity contribution < 1.29 is 9.53 Å². The highest BCUT2D eigenvalue weighted by molar-refractivity contribution is 5.90. The van der Waals surface area contributed by atoms with Gasteiger partial charge in [0.25, 0.3) is 0 Å². The van der Waals surface area contributed by atoms with E-state index >= 15 is 0 Å². The van der Waals surface area contributed by atoms with Gasteiger partial charge < -0.3 is 10.5 Å². The molecule has 0 amide bonds. The van der Waals surface area contributed by atoms with Crippen LogP contribution in [0.1, 0.15) is 10.4 Å². The first-order valence-corrected chi connectivity index (χ1v) is 4.98. The standard InChI is InChI=1S/C12H11N3O2/c1-17-11(16)9-4-2-3-8(7-9)10-5-6-14-12(13)15-10/h2-7H,1H3,(H2,13,14,15). The third kappa shape index (κ3) is 2.39. The summed E-state index contributed by atoms with van der Waals surface area (Å²) in [6.45, 7) is 0. The minimum Gasteiger partial charge on any atom is -0.465 e. The number of nitrogens with zero attached hydrogens (tertiary/aromatic N) is 2. The third-order valence-corrected chi connectivity index (χ3v) is 2.25. The lowest BCUT2D eigenvalue weighted by molar-refractivity contribution is 0.0601. The van der Waals surface area contributed by atoms with Crippen LogP contribution in [0.25, 0.3) is 11.3 Å². The first kappa shape index (κ1) is 11.1. The fourth-order valence-electron chi connectivity index (χ4n) is 1.46. The molecule has 0 saturated carbocycles. The van der Waals surface area contributed by atoms with Crippen molar-refractivity contribution in [2.75, 3.05) is 12.8 Å². The monoisotopic (exact) mass is 229 g/mol. The molecule has 0 atom stereocenters. The van der Waals surface area contributed by atoms with Crippen molar-refractivity contribution in [3.8, 4) is 11.3 Å². The zero-order valence-electron chi connectivity index (χ0n) is 9.25. The van der Waals surface area contributed by atoms with Crippen LogP contribution in [0, 0.1) is 0 Å². The van der Waals surface area contributed by atoms with Gasteiger partial charge in [-0.15, -0.1) is 0 Å². The van der Waals surface area contributed by atoms with E-state index in [0.29, 0.717) is 11.3 Å². The Labute approximate surface area is 98.3 Å². The second-order valence-electron chi connectivity index (χ2n) is 3.37. The topological polar surface area (TPSA) is 78.1 Å². The lowest BCUT2D eigenvalue weighted by atomic mass is 10.1. The fourth-order valence-corrected chi connectivity index (χ4v) is 1.46. The average molecular weight is 229 g/mol. The van der Waals surface area contributed by atoms with Crippen molar-refractivity contribution in [1.82, 2.24) is 9.97 Å². The predicted molar refractivity (Wildman–Crippen MR) is 63.2 cm³/mol. The van der Waals surface area contributed by atoms with Crippen LogP contribution in [0.3, 0.4) is 0 Å². The Morgan fingerprint density at radius 2 is 2.18 bits per heavy atom. The highest BCUT2D eigenvalue weighted by Gasteiger charge is 2.07. The molecule has 0 bridgehead atoms. The van der Waals surface area contributed by atoms with Crippen molar-refractivity contribution in [3.05, 3.63) is 42.1 Å². The van der Waals surface area contributed by atoms with Crippen LogP contribution in [-0.2, 0) is 4.74 Å². The quantitative estimate of drug-likeness (QED) is 0.790. The SMILES string of the molecule is COC(=O)c1cccc(-c2ccnc(N)n2)c1. The van der Waals surface area contributed by atoms with E-state index in [9.17, 15) is 4.79 Å². The lowest BCUT2D eigenvalue weighted by Crippen LogP contribution is -2.01. The van der Waals surface area contributed by atoms with Crippen LogP contribution in [0.2, 0.25) is 0 Å². The van der Waals surface area contributed by atoms with Crippen LogP contribution in [0.15, 0.2) is 36.5 Å². The molecule has 0 aliphatic heterocycles. The zero-order valence-corrected chi connectivity index (χ0v) is 9.25. The van der Waals surface area contributed by atoms with E-state index in [-0.39, 0.29) is 11.9 Å². The molecule has 0 unspecified atom stereocenters. The maximum absolute atomic E-state index is 11.4. The first-order valence-electron chi connectivity index (χ1n) is 4.98. The Bertz CT molecular complexity index is 555. The summed E-state index contributed by atoms with van der Waals surface area (Å²) in [6.07, 6.45) is 1.57. The van der Waals surface area contributed by atoms with E-state index in [1.54, 1.807) is 30.5 Å². The molecule has 0 fully saturated rings. The van der Waals surface area contributed by atoms with Crippen molar-refractivity contribution in [3.63, 3.8) is 0 Å². The van der Waals surface area contributed by atoms with Gasteiger partial charge in [0.05, 0.1) is 18.4 Å². The highest BCUT2D eigenvalue weighted by Crippen LogP contribution is 2.18. The molecule has 2 rings (SSSR count). The van der Waals surface area contributed by atoms with Crippen molar-refractivity contribution in [2.24, 2.45) is 0 Å². The molecule has 0 saturated heterocycles. The smallest absolute Gasteiger partial charge is 0.337 e. The van der Waals surface area contributed by atoms with Gasteiger partial charge in [0, 0.05) is 11.8 Å². The molecule has 1 aromatic heterocycles. The normalized spacial score (nSPS) is 9.94. The van der Waals surface area contributed by atoms with Crippen LogP contribution in [0.4, 0.5) is 5.95 Å². The van der Waals surface area contributed by atoms with Crippen molar-refractivity contribution in [2.45, 2.75) is 0 Å². The number of hydrogen-bond acceptors (Lipinski definition) is 5. The molecule has 1 heterocycles. The number of aromatic nitrogens is 2. The minimum atomic E-state index is -0.381. The van der Waals surface area contributed by atoms with Crippen LogP contribution >= 0.6 is 0 Å². The van der Waals surface area contributed by atoms with E-state index in [2.05, 4.69) is 14.7 Å². The van der Waals surface area contributed by atoms with Gasteiger partial charge in [-0.1, -0.05) is 12.1 Å². The summed E-state index contributed by atoms with van der Waals surface area (Å²) in [7, 11) is 1.34. The van der Waals surface area contributed by atoms with E-state index in [0.717, 1.165) is 5.56 Å². The van der Waals surface area contributed by atoms with Gasteiger partial charge in [-0.25, -0.2) is 14.8 Å². The summed E-state index contributed by atoms with van der Waals surface area (Å²) in [4.78, 5) is 19.3. The number of rotatable bonds is 2. The van der Waals surface area contributed by atoms with Crippen LogP contribution < -0.4 is 5.73 Å². The maximum Gasteiger partial charge on any atom is 0.337 e. The predicted octanol–water partition coefficient (Wildman–Crippen LogP) is 1.51. The summed E-state index contributed by atoms with van der Waals surface area (Å²) in [6, 6.07) is 8.72. The number of hydrogen-bond donors (Lipinski definition) is 1. The van der Waals surface area contributed by atoms with Gasteiger partial charge in [0.15, 0.2) is 0 Å². The molecular weight excluding hydrogens is 218 g/mol. The molecule has 0 radical (unpaired) electrons. The van der Waals surface area contributed by atoms with E-state index in [1.807, 2.05) is 6.07 Å². The Kier molecular flexibility index (Phi) is 3.00. The van der Waals surface area contributed by atoms with Crippen molar-refractivity contribution >= 4 is 11.9 Å². The van der Waals surface area contributed by atoms with E-state index in [1.165, 1.54) is 7.11 Å². The summed E-state index contributed by atoms with van der Waals surface area (Å²) in [5.41, 5.74) is 7.44. The molecule has 86 valence electrons. The summed E-state index contributed by atoms with van der Waals surface area (Å²) < 4.78 is 4.65. The molecule has 0 aliphatic rings. The number of ether oxygens (including phenoxy) is 1. The number of nitrogens with two attached hydrogens (primary N) is 1. The number of methoxy groups -OCH3 is 1. The summed E-state index contributed by atoms with van der Waals surface area (Å²) in [5.74, 6) is -0.181. The van der Waals surface area contributed by atoms with Gasteiger partial charge in [0.2, 0.25) is 5.95 Å². The average Bonchev–Trinajstić information content (AvgIpc) is 2.38. The molecular formula is C12H11N3O2. The molecule has 2 aromatic rings. The molecule has 0 spiro atoms. The largest absolute Gasteiger partial charge is 0.465 e. The number of benzene rings is 1. The minimum absolute atomic E-state index is 0.200. The molecule has 1 aromatic carbocycles. The number of esters is 1. The van der Waals surface area contributed by atoms with Crippen LogP contribution in [0.5, 0.6) is 0 Å². The Morgan fingerprint density at radius 3 is 2.88 bits per heavy atom. The molecule has 5 heteroatoms. The number of carbonyl (C=O) groups excluding carboxylic acids is 1. The zero-order chi connectivity index (χ0) is 12.3. The molecule has 5 nitrogen and oxygen atoms in total. The summed E-state index contributed by atoms with van der Waals surface area (Å²) in [5, 5.41) is 0. The van der Waals surface area contributed by atoms with Gasteiger partial charge in [-0.2, -0.15) is 0 Å². The highest BCUT2D eigenvalue weighted by atomic mass is 16.5. The van der Waals surface area contributed by atoms with Crippen LogP contribution in [-0.4, -0.2) is 23.0 Å². The number of anilines is 1. The van der Waals surface area contributed by atoms with Crippen molar-refractivity contribution in [1.29, 1.82) is 0 Å². The van der Waals surface area contributed by atoms with E-state index in [4.69, 9.17) is 5.73 Å². The van der Waals surface area contributed by atoms with Gasteiger partial charge in [0.1, 0.15) is 0 Å². The Hall–Kier alpha value is -2.43. The van der Waals surface area contributed by atoms with Gasteiger partial charge in [-0.05, 0) is 18.2 Å². The summed E-state index contributed by atoms with van der Waals surface area (Å²) >= 11 is 0. The number of nitrogen functional groups attached to an aromatic ring is 1. The fraction of sp³-hybridized carbons (Fsp3) is 0.0833. The Balaban J connectivity index is 2.43. The molecule has 17 heavy (non-hydrogen) atoms. The molecule has 2 N–H and O–H groups in total. The maximum atomic E-state index is 11.4. The Morgan fingerprint density at radius 1 is 1.35 bits per heavy atom. The number of carbonyl (C=O) groups is 1. The second-order valence-corrected chi connectivity index (χ2v) is 3.37. The van der Waals surface area contributed by atoms with Gasteiger partial charge >= 0.3 is 5.97 Å². The van der Waals surface area contributed by atoms with Gasteiger partial charge in [-0.3, -0.25) is 0 Å². The third-order valence-electron chi connectivity index (χ3n) is 2.25. The lowest BCUT2D eigenvalue weighted by Gasteiger charge is -2.03. The molecule has 0 aliphatic carbocycles. The van der Waals surface area contributed by atoms with E-state index < -0.39 is 0 Å².